The van der Waals surface area contributed by atoms with Crippen LogP contribution in [0.2, 0.25) is 0 Å². The fourth-order valence-electron chi connectivity index (χ4n) is 1.55. The van der Waals surface area contributed by atoms with Gasteiger partial charge in [0.25, 0.3) is 0 Å². The van der Waals surface area contributed by atoms with E-state index in [1.54, 1.807) is 6.07 Å². The number of rotatable bonds is 1. The maximum absolute atomic E-state index is 13.6. The van der Waals surface area contributed by atoms with Gasteiger partial charge in [0, 0.05) is 11.6 Å². The van der Waals surface area contributed by atoms with Crippen LogP contribution in [0.4, 0.5) is 10.3 Å². The number of hydrogen-bond acceptors (Lipinski definition) is 3. The molecule has 0 amide bonds. The van der Waals surface area contributed by atoms with Crippen LogP contribution in [0.15, 0.2) is 21.1 Å². The molecule has 16 heavy (non-hydrogen) atoms. The number of hydrogen-bond donors (Lipinski definition) is 1. The summed E-state index contributed by atoms with van der Waals surface area (Å²) >= 11 is 3.21. The Morgan fingerprint density at radius 3 is 2.62 bits per heavy atom. The van der Waals surface area contributed by atoms with Gasteiger partial charge in [0.05, 0.1) is 4.47 Å². The SMILES string of the molecule is Cc1cc(F)c(Br)c(-c2cc(N)on2)c1C. The van der Waals surface area contributed by atoms with E-state index in [0.717, 1.165) is 11.1 Å². The highest BCUT2D eigenvalue weighted by atomic mass is 79.9. The third-order valence-electron chi connectivity index (χ3n) is 2.52. The molecule has 84 valence electrons. The lowest BCUT2D eigenvalue weighted by atomic mass is 10.0. The number of nitrogen functional groups attached to an aromatic ring is 1. The first-order valence-corrected chi connectivity index (χ1v) is 5.47. The third-order valence-corrected chi connectivity index (χ3v) is 3.30. The third kappa shape index (κ3) is 1.71. The average molecular weight is 285 g/mol. The fraction of sp³-hybridized carbons (Fsp3) is 0.182. The molecule has 2 rings (SSSR count). The quantitative estimate of drug-likeness (QED) is 0.873. The highest BCUT2D eigenvalue weighted by molar-refractivity contribution is 9.10. The molecule has 1 aromatic carbocycles. The molecule has 3 nitrogen and oxygen atoms in total. The molecule has 0 spiro atoms. The van der Waals surface area contributed by atoms with Crippen LogP contribution in [0, 0.1) is 19.7 Å². The van der Waals surface area contributed by atoms with Crippen LogP contribution in [0.25, 0.3) is 11.3 Å². The molecule has 0 aliphatic carbocycles. The molecule has 0 fully saturated rings. The first-order chi connectivity index (χ1) is 7.50. The highest BCUT2D eigenvalue weighted by Crippen LogP contribution is 2.35. The lowest BCUT2D eigenvalue weighted by Gasteiger charge is -2.09. The summed E-state index contributed by atoms with van der Waals surface area (Å²) < 4.78 is 18.7. The predicted molar refractivity (Wildman–Crippen MR) is 63.5 cm³/mol. The van der Waals surface area contributed by atoms with E-state index >= 15 is 0 Å². The molecule has 0 radical (unpaired) electrons. The second-order valence-corrected chi connectivity index (χ2v) is 4.40. The smallest absolute Gasteiger partial charge is 0.222 e. The first-order valence-electron chi connectivity index (χ1n) is 4.68. The Morgan fingerprint density at radius 2 is 2.06 bits per heavy atom. The molecule has 0 bridgehead atoms. The van der Waals surface area contributed by atoms with Gasteiger partial charge >= 0.3 is 0 Å². The molecule has 0 unspecified atom stereocenters. The van der Waals surface area contributed by atoms with Crippen LogP contribution >= 0.6 is 15.9 Å². The van der Waals surface area contributed by atoms with Crippen molar-refractivity contribution in [2.75, 3.05) is 5.73 Å². The number of nitrogens with zero attached hydrogens (tertiary/aromatic N) is 1. The summed E-state index contributed by atoms with van der Waals surface area (Å²) in [5.41, 5.74) is 8.47. The summed E-state index contributed by atoms with van der Waals surface area (Å²) in [6.45, 7) is 3.75. The Bertz CT molecular complexity index is 525. The summed E-state index contributed by atoms with van der Waals surface area (Å²) in [6.07, 6.45) is 0. The largest absolute Gasteiger partial charge is 0.368 e. The molecule has 1 heterocycles. The number of aromatic nitrogens is 1. The molecule has 0 atom stereocenters. The van der Waals surface area contributed by atoms with E-state index in [1.807, 2.05) is 13.8 Å². The number of benzene rings is 1. The topological polar surface area (TPSA) is 52.0 Å². The van der Waals surface area contributed by atoms with E-state index in [9.17, 15) is 4.39 Å². The zero-order chi connectivity index (χ0) is 11.9. The predicted octanol–water partition coefficient (Wildman–Crippen LogP) is 3.44. The Hall–Kier alpha value is -1.36. The van der Waals surface area contributed by atoms with Crippen LogP contribution < -0.4 is 5.73 Å². The molecule has 0 aliphatic rings. The van der Waals surface area contributed by atoms with Gasteiger partial charge in [0.2, 0.25) is 5.88 Å². The normalized spacial score (nSPS) is 10.8. The molecule has 1 aromatic heterocycles. The number of halogens is 2. The first kappa shape index (κ1) is 11.1. The second kappa shape index (κ2) is 3.90. The summed E-state index contributed by atoms with van der Waals surface area (Å²) in [4.78, 5) is 0. The van der Waals surface area contributed by atoms with E-state index in [4.69, 9.17) is 10.3 Å². The number of nitrogens with two attached hydrogens (primary N) is 1. The van der Waals surface area contributed by atoms with Crippen LogP contribution in [-0.4, -0.2) is 5.16 Å². The molecule has 0 aliphatic heterocycles. The zero-order valence-electron chi connectivity index (χ0n) is 8.84. The molecular formula is C11H10BrFN2O. The minimum Gasteiger partial charge on any atom is -0.368 e. The van der Waals surface area contributed by atoms with E-state index in [0.29, 0.717) is 15.7 Å². The Balaban J connectivity index is 2.73. The van der Waals surface area contributed by atoms with Gasteiger partial charge in [-0.05, 0) is 47.0 Å². The molecular weight excluding hydrogens is 275 g/mol. The van der Waals surface area contributed by atoms with Crippen molar-refractivity contribution in [3.05, 3.63) is 33.5 Å². The van der Waals surface area contributed by atoms with Gasteiger partial charge in [0.15, 0.2) is 0 Å². The molecule has 2 N–H and O–H groups in total. The monoisotopic (exact) mass is 284 g/mol. The van der Waals surface area contributed by atoms with Crippen molar-refractivity contribution >= 4 is 21.8 Å². The van der Waals surface area contributed by atoms with E-state index in [1.165, 1.54) is 6.07 Å². The van der Waals surface area contributed by atoms with Crippen LogP contribution in [0.3, 0.4) is 0 Å². The van der Waals surface area contributed by atoms with E-state index in [2.05, 4.69) is 21.1 Å². The summed E-state index contributed by atoms with van der Waals surface area (Å²) in [7, 11) is 0. The summed E-state index contributed by atoms with van der Waals surface area (Å²) in [6, 6.07) is 3.05. The van der Waals surface area contributed by atoms with Crippen molar-refractivity contribution < 1.29 is 8.91 Å². The molecule has 0 saturated carbocycles. The van der Waals surface area contributed by atoms with Crippen LogP contribution in [0.1, 0.15) is 11.1 Å². The van der Waals surface area contributed by atoms with Crippen molar-refractivity contribution in [1.82, 2.24) is 5.16 Å². The Kier molecular flexibility index (Phi) is 2.71. The Labute approximate surface area is 101 Å². The van der Waals surface area contributed by atoms with Gasteiger partial charge in [0.1, 0.15) is 11.5 Å². The molecule has 5 heteroatoms. The van der Waals surface area contributed by atoms with Gasteiger partial charge in [-0.3, -0.25) is 0 Å². The standard InChI is InChI=1S/C11H10BrFN2O/c1-5-3-7(13)11(12)10(6(5)2)8-4-9(14)16-15-8/h3-4H,14H2,1-2H3. The summed E-state index contributed by atoms with van der Waals surface area (Å²) in [5.74, 6) is -0.108. The van der Waals surface area contributed by atoms with Crippen molar-refractivity contribution in [3.63, 3.8) is 0 Å². The number of anilines is 1. The maximum atomic E-state index is 13.6. The fourth-order valence-corrected chi connectivity index (χ4v) is 2.17. The maximum Gasteiger partial charge on any atom is 0.222 e. The molecule has 0 saturated heterocycles. The van der Waals surface area contributed by atoms with Crippen molar-refractivity contribution in [2.45, 2.75) is 13.8 Å². The Morgan fingerprint density at radius 1 is 1.38 bits per heavy atom. The molecule has 2 aromatic rings. The van der Waals surface area contributed by atoms with E-state index in [-0.39, 0.29) is 11.7 Å². The lowest BCUT2D eigenvalue weighted by Crippen LogP contribution is -1.93. The summed E-state index contributed by atoms with van der Waals surface area (Å²) in [5, 5.41) is 3.79. The van der Waals surface area contributed by atoms with Crippen molar-refractivity contribution in [2.24, 2.45) is 0 Å². The van der Waals surface area contributed by atoms with Crippen molar-refractivity contribution in [3.8, 4) is 11.3 Å². The van der Waals surface area contributed by atoms with Crippen molar-refractivity contribution in [1.29, 1.82) is 0 Å². The van der Waals surface area contributed by atoms with Crippen LogP contribution in [-0.2, 0) is 0 Å². The lowest BCUT2D eigenvalue weighted by molar-refractivity contribution is 0.439. The van der Waals surface area contributed by atoms with Gasteiger partial charge in [-0.2, -0.15) is 0 Å². The van der Waals surface area contributed by atoms with E-state index < -0.39 is 0 Å². The van der Waals surface area contributed by atoms with Crippen LogP contribution in [0.5, 0.6) is 0 Å². The average Bonchev–Trinajstić information content (AvgIpc) is 2.62. The second-order valence-electron chi connectivity index (χ2n) is 3.60. The zero-order valence-corrected chi connectivity index (χ0v) is 10.4. The van der Waals surface area contributed by atoms with Gasteiger partial charge < -0.3 is 10.3 Å². The minimum atomic E-state index is -0.320. The van der Waals surface area contributed by atoms with Gasteiger partial charge in [-0.25, -0.2) is 4.39 Å². The number of aryl methyl sites for hydroxylation is 1. The highest BCUT2D eigenvalue weighted by Gasteiger charge is 2.16. The minimum absolute atomic E-state index is 0.211. The van der Waals surface area contributed by atoms with Gasteiger partial charge in [-0.15, -0.1) is 0 Å². The van der Waals surface area contributed by atoms with Gasteiger partial charge in [-0.1, -0.05) is 5.16 Å².